The Labute approximate surface area is 241 Å². The molecule has 0 saturated carbocycles. The summed E-state index contributed by atoms with van der Waals surface area (Å²) in [5.41, 5.74) is 1.23. The van der Waals surface area contributed by atoms with Crippen molar-refractivity contribution in [2.24, 2.45) is 10.8 Å². The van der Waals surface area contributed by atoms with E-state index in [4.69, 9.17) is 0 Å². The van der Waals surface area contributed by atoms with Gasteiger partial charge in [0.15, 0.2) is 25.5 Å². The Bertz CT molecular complexity index is 1190. The number of sulfone groups is 2. The van der Waals surface area contributed by atoms with Crippen molar-refractivity contribution >= 4 is 37.3 Å². The standard InChI is InChI=1S/C29H48N2O7S2/c1-10-14-39(35,36)16-12-30-23(32)18-28(6,7)25-20(3)21(4)26(27(34)22(25)5)29(8,9)19-24(33)31-13-17-40(37,38)15-11-2/h3,10-19H2,1-2,4-9H3,(H,30,32)(H,31,33). The smallest absolute Gasteiger partial charge is 0.220 e. The zero-order valence-corrected chi connectivity index (χ0v) is 27.1. The minimum absolute atomic E-state index is 0.0120. The highest BCUT2D eigenvalue weighted by Crippen LogP contribution is 2.47. The van der Waals surface area contributed by atoms with Gasteiger partial charge in [-0.2, -0.15) is 0 Å². The van der Waals surface area contributed by atoms with Gasteiger partial charge in [-0.05, 0) is 48.8 Å². The summed E-state index contributed by atoms with van der Waals surface area (Å²) in [6.45, 7) is 18.6. The lowest BCUT2D eigenvalue weighted by Crippen LogP contribution is -2.38. The van der Waals surface area contributed by atoms with Gasteiger partial charge in [-0.1, -0.05) is 48.1 Å². The van der Waals surface area contributed by atoms with Crippen LogP contribution >= 0.6 is 0 Å². The maximum atomic E-state index is 13.7. The van der Waals surface area contributed by atoms with Crippen LogP contribution in [0.2, 0.25) is 0 Å². The Balaban J connectivity index is 3.02. The van der Waals surface area contributed by atoms with E-state index in [1.165, 1.54) is 0 Å². The second-order valence-electron chi connectivity index (χ2n) is 11.9. The number of hydrogen-bond acceptors (Lipinski definition) is 7. The molecule has 0 aromatic carbocycles. The Morgan fingerprint density at radius 3 is 1.45 bits per heavy atom. The number of nitrogens with one attached hydrogen (secondary N) is 2. The zero-order chi connectivity index (χ0) is 31.1. The molecule has 0 aromatic heterocycles. The normalized spacial score (nSPS) is 15.5. The summed E-state index contributed by atoms with van der Waals surface area (Å²) >= 11 is 0. The molecule has 0 fully saturated rings. The molecule has 1 aliphatic carbocycles. The lowest BCUT2D eigenvalue weighted by molar-refractivity contribution is -0.123. The van der Waals surface area contributed by atoms with Gasteiger partial charge in [0, 0.05) is 54.0 Å². The third-order valence-corrected chi connectivity index (χ3v) is 10.8. The summed E-state index contributed by atoms with van der Waals surface area (Å²) in [5, 5.41) is 5.35. The van der Waals surface area contributed by atoms with E-state index in [2.05, 4.69) is 17.2 Å². The van der Waals surface area contributed by atoms with Crippen molar-refractivity contribution in [2.45, 2.75) is 81.1 Å². The highest BCUT2D eigenvalue weighted by Gasteiger charge is 2.41. The van der Waals surface area contributed by atoms with Crippen molar-refractivity contribution in [3.63, 3.8) is 0 Å². The van der Waals surface area contributed by atoms with Crippen molar-refractivity contribution < 1.29 is 31.2 Å². The fourth-order valence-electron chi connectivity index (χ4n) is 5.39. The molecule has 0 atom stereocenters. The third-order valence-electron chi connectivity index (χ3n) is 7.13. The number of Topliss-reactive ketones (excluding diaryl/α,β-unsaturated/α-hetero) is 1. The van der Waals surface area contributed by atoms with Crippen LogP contribution in [-0.2, 0) is 34.1 Å². The van der Waals surface area contributed by atoms with Gasteiger partial charge in [-0.25, -0.2) is 16.8 Å². The molecule has 228 valence electrons. The number of allylic oxidation sites excluding steroid dienone is 5. The molecule has 40 heavy (non-hydrogen) atoms. The molecule has 9 nitrogen and oxygen atoms in total. The average molecular weight is 601 g/mol. The first-order valence-corrected chi connectivity index (χ1v) is 17.5. The second-order valence-corrected chi connectivity index (χ2v) is 16.5. The number of ketones is 1. The highest BCUT2D eigenvalue weighted by molar-refractivity contribution is 7.91. The molecule has 0 aliphatic heterocycles. The predicted octanol–water partition coefficient (Wildman–Crippen LogP) is 3.47. The van der Waals surface area contributed by atoms with Gasteiger partial charge in [0.05, 0.1) is 11.5 Å². The first kappa shape index (κ1) is 35.8. The SMILES string of the molecule is C=C1C(C)=C(C(C)(C)CC(=O)NCCS(=O)(=O)CCC)C(=O)C(C)=C1C(C)(C)CC(=O)NCCS(=O)(=O)CCC. The van der Waals surface area contributed by atoms with E-state index in [1.54, 1.807) is 41.5 Å². The van der Waals surface area contributed by atoms with Crippen LogP contribution in [0.25, 0.3) is 0 Å². The third kappa shape index (κ3) is 9.98. The van der Waals surface area contributed by atoms with E-state index in [9.17, 15) is 31.2 Å². The molecule has 2 N–H and O–H groups in total. The summed E-state index contributed by atoms with van der Waals surface area (Å²) in [5.74, 6) is -0.986. The van der Waals surface area contributed by atoms with Crippen LogP contribution in [0.15, 0.2) is 34.4 Å². The highest BCUT2D eigenvalue weighted by atomic mass is 32.2. The Kier molecular flexibility index (Phi) is 12.6. The largest absolute Gasteiger partial charge is 0.355 e. The molecular weight excluding hydrogens is 552 g/mol. The fourth-order valence-corrected chi connectivity index (χ4v) is 7.87. The van der Waals surface area contributed by atoms with E-state index in [0.717, 1.165) is 0 Å². The van der Waals surface area contributed by atoms with E-state index >= 15 is 0 Å². The number of carbonyl (C=O) groups is 3. The van der Waals surface area contributed by atoms with Crippen LogP contribution in [0, 0.1) is 10.8 Å². The Morgan fingerprint density at radius 1 is 0.700 bits per heavy atom. The summed E-state index contributed by atoms with van der Waals surface area (Å²) in [6, 6.07) is 0. The van der Waals surface area contributed by atoms with Gasteiger partial charge in [-0.3, -0.25) is 14.4 Å². The topological polar surface area (TPSA) is 144 Å². The number of hydrogen-bond donors (Lipinski definition) is 2. The van der Waals surface area contributed by atoms with Gasteiger partial charge in [0.1, 0.15) is 0 Å². The van der Waals surface area contributed by atoms with Crippen molar-refractivity contribution in [3.8, 4) is 0 Å². The minimum Gasteiger partial charge on any atom is -0.355 e. The monoisotopic (exact) mass is 600 g/mol. The minimum atomic E-state index is -3.22. The van der Waals surface area contributed by atoms with Crippen molar-refractivity contribution in [2.75, 3.05) is 36.1 Å². The molecule has 1 rings (SSSR count). The lowest BCUT2D eigenvalue weighted by Gasteiger charge is -2.38. The molecular formula is C29H48N2O7S2. The Hall–Kier alpha value is -2.27. The molecule has 0 aromatic rings. The maximum Gasteiger partial charge on any atom is 0.220 e. The molecule has 0 bridgehead atoms. The molecule has 0 saturated heterocycles. The van der Waals surface area contributed by atoms with Crippen LogP contribution in [0.4, 0.5) is 0 Å². The molecule has 0 heterocycles. The lowest BCUT2D eigenvalue weighted by atomic mass is 9.65. The zero-order valence-electron chi connectivity index (χ0n) is 25.5. The molecule has 0 unspecified atom stereocenters. The van der Waals surface area contributed by atoms with Crippen LogP contribution in [0.1, 0.15) is 81.1 Å². The first-order chi connectivity index (χ1) is 18.2. The van der Waals surface area contributed by atoms with Gasteiger partial charge < -0.3 is 10.6 Å². The Morgan fingerprint density at radius 2 is 1.07 bits per heavy atom. The first-order valence-electron chi connectivity index (χ1n) is 13.8. The van der Waals surface area contributed by atoms with Gasteiger partial charge in [0.25, 0.3) is 0 Å². The summed E-state index contributed by atoms with van der Waals surface area (Å²) in [6.07, 6.45) is 1.06. The summed E-state index contributed by atoms with van der Waals surface area (Å²) < 4.78 is 47.7. The van der Waals surface area contributed by atoms with Gasteiger partial charge >= 0.3 is 0 Å². The van der Waals surface area contributed by atoms with E-state index < -0.39 is 30.5 Å². The number of rotatable bonds is 16. The molecule has 0 radical (unpaired) electrons. The predicted molar refractivity (Wildman–Crippen MR) is 160 cm³/mol. The van der Waals surface area contributed by atoms with E-state index in [1.807, 2.05) is 13.8 Å². The average Bonchev–Trinajstić information content (AvgIpc) is 2.76. The quantitative estimate of drug-likeness (QED) is 0.276. The van der Waals surface area contributed by atoms with Crippen molar-refractivity contribution in [1.82, 2.24) is 10.6 Å². The van der Waals surface area contributed by atoms with Crippen molar-refractivity contribution in [3.05, 3.63) is 34.4 Å². The summed E-state index contributed by atoms with van der Waals surface area (Å²) in [4.78, 5) is 39.1. The molecule has 0 spiro atoms. The van der Waals surface area contributed by atoms with Crippen LogP contribution < -0.4 is 10.6 Å². The maximum absolute atomic E-state index is 13.7. The van der Waals surface area contributed by atoms with Gasteiger partial charge in [-0.15, -0.1) is 0 Å². The fraction of sp³-hybridized carbons (Fsp3) is 0.690. The van der Waals surface area contributed by atoms with E-state index in [-0.39, 0.29) is 66.5 Å². The van der Waals surface area contributed by atoms with Crippen LogP contribution in [-0.4, -0.2) is 70.5 Å². The number of amides is 2. The van der Waals surface area contributed by atoms with E-state index in [0.29, 0.717) is 40.7 Å². The molecule has 11 heteroatoms. The number of carbonyl (C=O) groups excluding carboxylic acids is 3. The second kappa shape index (κ2) is 14.1. The van der Waals surface area contributed by atoms with Crippen LogP contribution in [0.5, 0.6) is 0 Å². The molecule has 1 aliphatic rings. The van der Waals surface area contributed by atoms with Crippen LogP contribution in [0.3, 0.4) is 0 Å². The molecule has 2 amide bonds. The van der Waals surface area contributed by atoms with Gasteiger partial charge in [0.2, 0.25) is 11.8 Å². The summed E-state index contributed by atoms with van der Waals surface area (Å²) in [7, 11) is -6.43. The van der Waals surface area contributed by atoms with Crippen molar-refractivity contribution in [1.29, 1.82) is 0 Å².